The number of ether oxygens (including phenoxy) is 1. The Balaban J connectivity index is 2.20. The van der Waals surface area contributed by atoms with Crippen molar-refractivity contribution in [2.75, 3.05) is 33.3 Å². The number of carbonyl (C=O) groups excluding carboxylic acids is 1. The molecule has 0 aromatic heterocycles. The molecule has 3 N–H and O–H groups in total. The van der Waals surface area contributed by atoms with Crippen LogP contribution in [0.2, 0.25) is 0 Å². The molecule has 1 heterocycles. The molecule has 94 valence electrons. The summed E-state index contributed by atoms with van der Waals surface area (Å²) >= 11 is 0. The normalized spacial score (nSPS) is 24.1. The zero-order valence-corrected chi connectivity index (χ0v) is 10.2. The van der Waals surface area contributed by atoms with E-state index in [9.17, 15) is 4.79 Å². The maximum absolute atomic E-state index is 11.6. The van der Waals surface area contributed by atoms with Crippen LogP contribution < -0.4 is 11.1 Å². The Morgan fingerprint density at radius 1 is 1.69 bits per heavy atom. The van der Waals surface area contributed by atoms with Crippen molar-refractivity contribution in [1.29, 1.82) is 0 Å². The number of carbonyl (C=O) groups is 1. The number of hydrogen-bond donors (Lipinski definition) is 2. The number of nitrogens with zero attached hydrogens (tertiary/aromatic N) is 1. The van der Waals surface area contributed by atoms with E-state index < -0.39 is 0 Å². The summed E-state index contributed by atoms with van der Waals surface area (Å²) in [4.78, 5) is 13.8. The SMILES string of the molecule is CCC[C@@H](N)C(=O)NCC1CN(C)CCO1. The third kappa shape index (κ3) is 4.47. The van der Waals surface area contributed by atoms with Crippen LogP contribution in [-0.4, -0.2) is 56.2 Å². The van der Waals surface area contributed by atoms with Crippen molar-refractivity contribution >= 4 is 5.91 Å². The van der Waals surface area contributed by atoms with E-state index in [0.717, 1.165) is 32.5 Å². The molecular weight excluding hydrogens is 206 g/mol. The molecule has 0 saturated carbocycles. The summed E-state index contributed by atoms with van der Waals surface area (Å²) in [7, 11) is 2.06. The van der Waals surface area contributed by atoms with E-state index in [1.54, 1.807) is 0 Å². The van der Waals surface area contributed by atoms with Gasteiger partial charge in [-0.15, -0.1) is 0 Å². The molecule has 5 heteroatoms. The summed E-state index contributed by atoms with van der Waals surface area (Å²) < 4.78 is 5.54. The lowest BCUT2D eigenvalue weighted by Crippen LogP contribution is -2.49. The van der Waals surface area contributed by atoms with E-state index in [2.05, 4.69) is 17.3 Å². The van der Waals surface area contributed by atoms with Gasteiger partial charge in [-0.3, -0.25) is 4.79 Å². The van der Waals surface area contributed by atoms with Gasteiger partial charge in [-0.05, 0) is 13.5 Å². The predicted molar refractivity (Wildman–Crippen MR) is 63.1 cm³/mol. The molecule has 0 spiro atoms. The molecule has 1 amide bonds. The van der Waals surface area contributed by atoms with Crippen molar-refractivity contribution in [3.05, 3.63) is 0 Å². The van der Waals surface area contributed by atoms with Crippen LogP contribution >= 0.6 is 0 Å². The second-order valence-electron chi connectivity index (χ2n) is 4.40. The van der Waals surface area contributed by atoms with E-state index in [1.165, 1.54) is 0 Å². The number of rotatable bonds is 5. The monoisotopic (exact) mass is 229 g/mol. The van der Waals surface area contributed by atoms with Crippen molar-refractivity contribution in [3.8, 4) is 0 Å². The van der Waals surface area contributed by atoms with Gasteiger partial charge in [0.25, 0.3) is 0 Å². The van der Waals surface area contributed by atoms with Gasteiger partial charge < -0.3 is 20.7 Å². The van der Waals surface area contributed by atoms with Crippen LogP contribution in [0.15, 0.2) is 0 Å². The largest absolute Gasteiger partial charge is 0.374 e. The Labute approximate surface area is 97.3 Å². The minimum atomic E-state index is -0.383. The first-order chi connectivity index (χ1) is 7.63. The molecule has 0 aliphatic carbocycles. The van der Waals surface area contributed by atoms with E-state index in [0.29, 0.717) is 6.54 Å². The van der Waals surface area contributed by atoms with Crippen LogP contribution in [-0.2, 0) is 9.53 Å². The number of hydrogen-bond acceptors (Lipinski definition) is 4. The molecule has 0 aromatic rings. The molecule has 1 fully saturated rings. The fraction of sp³-hybridized carbons (Fsp3) is 0.909. The highest BCUT2D eigenvalue weighted by Crippen LogP contribution is 2.01. The Bertz CT molecular complexity index is 223. The van der Waals surface area contributed by atoms with Crippen molar-refractivity contribution in [2.24, 2.45) is 5.73 Å². The quantitative estimate of drug-likeness (QED) is 0.671. The molecule has 1 unspecified atom stereocenters. The molecule has 16 heavy (non-hydrogen) atoms. The first-order valence-corrected chi connectivity index (χ1v) is 5.97. The van der Waals surface area contributed by atoms with Gasteiger partial charge in [0.05, 0.1) is 18.8 Å². The highest BCUT2D eigenvalue weighted by atomic mass is 16.5. The van der Waals surface area contributed by atoms with Crippen LogP contribution in [0.25, 0.3) is 0 Å². The molecule has 0 radical (unpaired) electrons. The molecule has 1 saturated heterocycles. The lowest BCUT2D eigenvalue weighted by Gasteiger charge is -2.30. The Hall–Kier alpha value is -0.650. The van der Waals surface area contributed by atoms with Gasteiger partial charge in [0.15, 0.2) is 0 Å². The van der Waals surface area contributed by atoms with Crippen molar-refractivity contribution in [3.63, 3.8) is 0 Å². The van der Waals surface area contributed by atoms with Gasteiger partial charge in [0.2, 0.25) is 5.91 Å². The van der Waals surface area contributed by atoms with E-state index in [4.69, 9.17) is 10.5 Å². The molecule has 5 nitrogen and oxygen atoms in total. The van der Waals surface area contributed by atoms with E-state index in [-0.39, 0.29) is 18.1 Å². The third-order valence-electron chi connectivity index (χ3n) is 2.78. The molecule has 0 bridgehead atoms. The van der Waals surface area contributed by atoms with Crippen LogP contribution in [0.4, 0.5) is 0 Å². The van der Waals surface area contributed by atoms with Crippen molar-refractivity contribution in [1.82, 2.24) is 10.2 Å². The Morgan fingerprint density at radius 2 is 2.44 bits per heavy atom. The summed E-state index contributed by atoms with van der Waals surface area (Å²) in [6, 6.07) is -0.383. The fourth-order valence-electron chi connectivity index (χ4n) is 1.78. The number of amides is 1. The summed E-state index contributed by atoms with van der Waals surface area (Å²) in [5, 5.41) is 2.84. The van der Waals surface area contributed by atoms with Crippen molar-refractivity contribution in [2.45, 2.75) is 31.9 Å². The molecule has 2 atom stereocenters. The van der Waals surface area contributed by atoms with E-state index in [1.807, 2.05) is 6.92 Å². The Kier molecular flexibility index (Phi) is 5.73. The Morgan fingerprint density at radius 3 is 3.06 bits per heavy atom. The molecule has 1 aliphatic heterocycles. The van der Waals surface area contributed by atoms with Gasteiger partial charge in [0, 0.05) is 19.6 Å². The second-order valence-corrected chi connectivity index (χ2v) is 4.40. The summed E-state index contributed by atoms with van der Waals surface area (Å²) in [6.07, 6.45) is 1.76. The molecule has 1 aliphatic rings. The first kappa shape index (κ1) is 13.4. The van der Waals surface area contributed by atoms with Crippen LogP contribution in [0.5, 0.6) is 0 Å². The average Bonchev–Trinajstić information content (AvgIpc) is 2.26. The minimum Gasteiger partial charge on any atom is -0.374 e. The van der Waals surface area contributed by atoms with Crippen LogP contribution in [0.1, 0.15) is 19.8 Å². The van der Waals surface area contributed by atoms with Crippen LogP contribution in [0, 0.1) is 0 Å². The average molecular weight is 229 g/mol. The molecule has 1 rings (SSSR count). The number of nitrogens with one attached hydrogen (secondary N) is 1. The second kappa shape index (κ2) is 6.83. The van der Waals surface area contributed by atoms with Gasteiger partial charge >= 0.3 is 0 Å². The summed E-state index contributed by atoms with van der Waals surface area (Å²) in [6.45, 7) is 5.13. The van der Waals surface area contributed by atoms with Crippen LogP contribution in [0.3, 0.4) is 0 Å². The first-order valence-electron chi connectivity index (χ1n) is 5.97. The molecular formula is C11H23N3O2. The standard InChI is InChI=1S/C11H23N3O2/c1-3-4-10(12)11(15)13-7-9-8-14(2)5-6-16-9/h9-10H,3-8,12H2,1-2H3,(H,13,15)/t9?,10-/m1/s1. The zero-order valence-electron chi connectivity index (χ0n) is 10.2. The van der Waals surface area contributed by atoms with Gasteiger partial charge in [-0.2, -0.15) is 0 Å². The fourth-order valence-corrected chi connectivity index (χ4v) is 1.78. The summed E-state index contributed by atoms with van der Waals surface area (Å²) in [5.41, 5.74) is 5.71. The number of likely N-dealkylation sites (N-methyl/N-ethyl adjacent to an activating group) is 1. The summed E-state index contributed by atoms with van der Waals surface area (Å²) in [5.74, 6) is -0.0707. The zero-order chi connectivity index (χ0) is 12.0. The number of morpholine rings is 1. The maximum Gasteiger partial charge on any atom is 0.237 e. The van der Waals surface area contributed by atoms with Crippen molar-refractivity contribution < 1.29 is 9.53 Å². The number of nitrogens with two attached hydrogens (primary N) is 1. The molecule has 0 aromatic carbocycles. The third-order valence-corrected chi connectivity index (χ3v) is 2.78. The van der Waals surface area contributed by atoms with E-state index >= 15 is 0 Å². The predicted octanol–water partition coefficient (Wildman–Crippen LogP) is -0.439. The smallest absolute Gasteiger partial charge is 0.237 e. The highest BCUT2D eigenvalue weighted by molar-refractivity contribution is 5.81. The minimum absolute atomic E-state index is 0.0707. The topological polar surface area (TPSA) is 67.6 Å². The highest BCUT2D eigenvalue weighted by Gasteiger charge is 2.19. The van der Waals surface area contributed by atoms with Gasteiger partial charge in [-0.25, -0.2) is 0 Å². The lowest BCUT2D eigenvalue weighted by atomic mass is 10.1. The van der Waals surface area contributed by atoms with Gasteiger partial charge in [0.1, 0.15) is 0 Å². The lowest BCUT2D eigenvalue weighted by molar-refractivity contribution is -0.123. The maximum atomic E-state index is 11.6. The van der Waals surface area contributed by atoms with Gasteiger partial charge in [-0.1, -0.05) is 13.3 Å².